The first kappa shape index (κ1) is 25.3. The zero-order valence-corrected chi connectivity index (χ0v) is 21.5. The number of hydrogen-bond donors (Lipinski definition) is 5. The number of nitrogens with two attached hydrogens (primary N) is 1. The number of carbonyl (C=O) groups is 1. The molecule has 38 heavy (non-hydrogen) atoms. The van der Waals surface area contributed by atoms with E-state index in [0.717, 1.165) is 29.8 Å². The molecule has 0 bridgehead atoms. The lowest BCUT2D eigenvalue weighted by atomic mass is 10.1. The van der Waals surface area contributed by atoms with Gasteiger partial charge in [-0.05, 0) is 66.8 Å². The van der Waals surface area contributed by atoms with Crippen LogP contribution >= 0.6 is 11.6 Å². The quantitative estimate of drug-likeness (QED) is 0.168. The van der Waals surface area contributed by atoms with Crippen LogP contribution in [0.1, 0.15) is 34.3 Å². The maximum absolute atomic E-state index is 12.6. The second-order valence-electron chi connectivity index (χ2n) is 9.12. The molecule has 3 aromatic carbocycles. The van der Waals surface area contributed by atoms with Gasteiger partial charge in [0.05, 0.1) is 11.4 Å². The van der Waals surface area contributed by atoms with Crippen LogP contribution in [-0.2, 0) is 13.0 Å². The van der Waals surface area contributed by atoms with Crippen molar-refractivity contribution in [2.75, 3.05) is 33.5 Å². The fraction of sp³-hybridized carbons (Fsp3) is 0.214. The van der Waals surface area contributed by atoms with Gasteiger partial charge in [-0.1, -0.05) is 48.0 Å². The maximum atomic E-state index is 12.6. The molecule has 0 aliphatic heterocycles. The third kappa shape index (κ3) is 7.10. The molecule has 1 aliphatic rings. The van der Waals surface area contributed by atoms with Gasteiger partial charge in [-0.2, -0.15) is 15.0 Å². The lowest BCUT2D eigenvalue weighted by Gasteiger charge is -2.12. The van der Waals surface area contributed by atoms with Gasteiger partial charge < -0.3 is 27.0 Å². The molecule has 1 aliphatic carbocycles. The number of hydrogen-bond acceptors (Lipinski definition) is 8. The predicted molar refractivity (Wildman–Crippen MR) is 153 cm³/mol. The topological polar surface area (TPSA) is 130 Å². The Morgan fingerprint density at radius 2 is 1.50 bits per heavy atom. The molecule has 1 fully saturated rings. The average Bonchev–Trinajstić information content (AvgIpc) is 3.74. The summed E-state index contributed by atoms with van der Waals surface area (Å²) in [6.45, 7) is 1.16. The smallest absolute Gasteiger partial charge is 0.255 e. The monoisotopic (exact) mass is 528 g/mol. The molecule has 10 heteroatoms. The largest absolute Gasteiger partial charge is 0.397 e. The molecule has 9 nitrogen and oxygen atoms in total. The highest BCUT2D eigenvalue weighted by molar-refractivity contribution is 6.30. The summed E-state index contributed by atoms with van der Waals surface area (Å²) in [5.74, 6) is 1.31. The third-order valence-electron chi connectivity index (χ3n) is 6.03. The van der Waals surface area contributed by atoms with Gasteiger partial charge in [-0.3, -0.25) is 4.79 Å². The lowest BCUT2D eigenvalue weighted by molar-refractivity contribution is 0.102. The summed E-state index contributed by atoms with van der Waals surface area (Å²) in [5.41, 5.74) is 9.73. The van der Waals surface area contributed by atoms with E-state index in [1.54, 1.807) is 24.3 Å². The van der Waals surface area contributed by atoms with E-state index in [1.165, 1.54) is 5.56 Å². The minimum Gasteiger partial charge on any atom is -0.397 e. The fourth-order valence-corrected chi connectivity index (χ4v) is 3.86. The molecule has 194 valence electrons. The molecule has 0 unspecified atom stereocenters. The highest BCUT2D eigenvalue weighted by Gasteiger charge is 2.22. The van der Waals surface area contributed by atoms with Crippen LogP contribution in [0.25, 0.3) is 0 Å². The van der Waals surface area contributed by atoms with Crippen molar-refractivity contribution in [1.29, 1.82) is 0 Å². The number of benzene rings is 3. The molecule has 1 heterocycles. The molecule has 6 N–H and O–H groups in total. The Labute approximate surface area is 226 Å². The van der Waals surface area contributed by atoms with E-state index in [2.05, 4.69) is 36.2 Å². The normalized spacial score (nSPS) is 12.6. The number of nitrogens with zero attached hydrogens (tertiary/aromatic N) is 3. The van der Waals surface area contributed by atoms with Gasteiger partial charge in [0.1, 0.15) is 0 Å². The van der Waals surface area contributed by atoms with Gasteiger partial charge in [0.15, 0.2) is 0 Å². The van der Waals surface area contributed by atoms with Gasteiger partial charge in [-0.25, -0.2) is 0 Å². The van der Waals surface area contributed by atoms with E-state index >= 15 is 0 Å². The molecule has 0 radical (unpaired) electrons. The second kappa shape index (κ2) is 11.8. The predicted octanol–water partition coefficient (Wildman–Crippen LogP) is 5.20. The summed E-state index contributed by atoms with van der Waals surface area (Å²) in [6.07, 6.45) is 3.04. The third-order valence-corrected chi connectivity index (χ3v) is 6.28. The Bertz CT molecular complexity index is 1390. The molecule has 1 amide bonds. The molecule has 0 atom stereocenters. The molecule has 1 saturated carbocycles. The van der Waals surface area contributed by atoms with Crippen molar-refractivity contribution in [3.63, 3.8) is 0 Å². The van der Waals surface area contributed by atoms with Crippen molar-refractivity contribution in [2.24, 2.45) is 0 Å². The van der Waals surface area contributed by atoms with Gasteiger partial charge in [0, 0.05) is 29.7 Å². The van der Waals surface area contributed by atoms with Gasteiger partial charge in [-0.15, -0.1) is 0 Å². The standard InChI is InChI=1S/C28H29ClN8O/c29-21-11-7-18(8-12-21)15-16-31-26-35-27(37-28(36-26)33-22-13-14-22)32-17-19-5-9-20(10-6-19)25(38)34-24-4-2-1-3-23(24)30/h1-12,22H,13-17,30H2,(H,34,38)(H3,31,32,33,35,36,37). The zero-order valence-electron chi connectivity index (χ0n) is 20.7. The van der Waals surface area contributed by atoms with Crippen LogP contribution in [-0.4, -0.2) is 33.4 Å². The summed E-state index contributed by atoms with van der Waals surface area (Å²) < 4.78 is 0. The second-order valence-corrected chi connectivity index (χ2v) is 9.56. The molecule has 0 spiro atoms. The van der Waals surface area contributed by atoms with E-state index in [0.29, 0.717) is 53.9 Å². The summed E-state index contributed by atoms with van der Waals surface area (Å²) in [7, 11) is 0. The molecule has 4 aromatic rings. The van der Waals surface area contributed by atoms with Crippen molar-refractivity contribution in [3.05, 3.63) is 94.5 Å². The van der Waals surface area contributed by atoms with Crippen molar-refractivity contribution in [3.8, 4) is 0 Å². The summed E-state index contributed by atoms with van der Waals surface area (Å²) in [5, 5.41) is 13.5. The van der Waals surface area contributed by atoms with E-state index in [4.69, 9.17) is 17.3 Å². The first-order valence-corrected chi connectivity index (χ1v) is 12.9. The minimum absolute atomic E-state index is 0.218. The van der Waals surface area contributed by atoms with Crippen molar-refractivity contribution < 1.29 is 4.79 Å². The van der Waals surface area contributed by atoms with Crippen LogP contribution in [0, 0.1) is 0 Å². The van der Waals surface area contributed by atoms with E-state index in [-0.39, 0.29) is 5.91 Å². The Kier molecular flexibility index (Phi) is 7.84. The number of rotatable bonds is 11. The highest BCUT2D eigenvalue weighted by atomic mass is 35.5. The van der Waals surface area contributed by atoms with Gasteiger partial charge in [0.25, 0.3) is 5.91 Å². The van der Waals surface area contributed by atoms with E-state index in [9.17, 15) is 4.79 Å². The Morgan fingerprint density at radius 3 is 2.21 bits per heavy atom. The fourth-order valence-electron chi connectivity index (χ4n) is 3.74. The SMILES string of the molecule is Nc1ccccc1NC(=O)c1ccc(CNc2nc(NCCc3ccc(Cl)cc3)nc(NC3CC3)n2)cc1. The molecular formula is C28H29ClN8O. The number of amides is 1. The summed E-state index contributed by atoms with van der Waals surface area (Å²) >= 11 is 5.98. The van der Waals surface area contributed by atoms with Gasteiger partial charge >= 0.3 is 0 Å². The first-order valence-electron chi connectivity index (χ1n) is 12.5. The number of anilines is 5. The summed E-state index contributed by atoms with van der Waals surface area (Å²) in [4.78, 5) is 26.2. The van der Waals surface area contributed by atoms with Crippen LogP contribution < -0.4 is 27.0 Å². The van der Waals surface area contributed by atoms with E-state index < -0.39 is 0 Å². The Hall–Kier alpha value is -4.37. The van der Waals surface area contributed by atoms with Gasteiger partial charge in [0.2, 0.25) is 17.8 Å². The first-order chi connectivity index (χ1) is 18.5. The van der Waals surface area contributed by atoms with Crippen LogP contribution in [0.15, 0.2) is 72.8 Å². The Balaban J connectivity index is 1.19. The summed E-state index contributed by atoms with van der Waals surface area (Å²) in [6, 6.07) is 22.7. The van der Waals surface area contributed by atoms with Crippen LogP contribution in [0.4, 0.5) is 29.2 Å². The number of nitrogen functional groups attached to an aromatic ring is 1. The molecule has 1 aromatic heterocycles. The van der Waals surface area contributed by atoms with Crippen LogP contribution in [0.5, 0.6) is 0 Å². The number of aromatic nitrogens is 3. The Morgan fingerprint density at radius 1 is 0.842 bits per heavy atom. The molecule has 5 rings (SSSR count). The number of para-hydroxylation sites is 2. The number of nitrogens with one attached hydrogen (secondary N) is 4. The number of halogens is 1. The highest BCUT2D eigenvalue weighted by Crippen LogP contribution is 2.24. The van der Waals surface area contributed by atoms with Crippen molar-refractivity contribution >= 4 is 46.7 Å². The molecular weight excluding hydrogens is 500 g/mol. The zero-order chi connectivity index (χ0) is 26.3. The maximum Gasteiger partial charge on any atom is 0.255 e. The number of carbonyl (C=O) groups excluding carboxylic acids is 1. The van der Waals surface area contributed by atoms with Crippen molar-refractivity contribution in [2.45, 2.75) is 31.8 Å². The van der Waals surface area contributed by atoms with Crippen molar-refractivity contribution in [1.82, 2.24) is 15.0 Å². The van der Waals surface area contributed by atoms with Crippen LogP contribution in [0.2, 0.25) is 5.02 Å². The lowest BCUT2D eigenvalue weighted by Crippen LogP contribution is -2.15. The average molecular weight is 529 g/mol. The van der Waals surface area contributed by atoms with E-state index in [1.807, 2.05) is 48.5 Å². The molecule has 0 saturated heterocycles. The minimum atomic E-state index is -0.218. The van der Waals surface area contributed by atoms with Crippen LogP contribution in [0.3, 0.4) is 0 Å².